The second-order valence-electron chi connectivity index (χ2n) is 21.3. The third-order valence-electron chi connectivity index (χ3n) is 12.6. The van der Waals surface area contributed by atoms with E-state index in [-0.39, 0.29) is 27.1 Å². The Labute approximate surface area is 361 Å². The molecule has 0 atom stereocenters. The van der Waals surface area contributed by atoms with Crippen LogP contribution in [0.5, 0.6) is 0 Å². The second-order valence-corrected chi connectivity index (χ2v) is 21.7. The monoisotopic (exact) mass is 800 g/mol. The summed E-state index contributed by atoms with van der Waals surface area (Å²) in [5.41, 5.74) is 15.8. The molecule has 6 aromatic rings. The SMILES string of the molecule is CC(C)(C)c1ccc(N(c2cccc(Cl)c2)c2cc(N(c3ccc4c(c3)C(C)(C)CCC4(C)C)c3ccc(C(C)(C)C)cc3-c3ccccc3)cc(C(C)(C)C)c2)cc1. The Morgan fingerprint density at radius 2 is 0.966 bits per heavy atom. The zero-order valence-corrected chi connectivity index (χ0v) is 38.6. The number of fused-ring (bicyclic) bond motifs is 1. The van der Waals surface area contributed by atoms with E-state index in [4.69, 9.17) is 11.6 Å². The molecule has 0 unspecified atom stereocenters. The predicted octanol–water partition coefficient (Wildman–Crippen LogP) is 17.2. The lowest BCUT2D eigenvalue weighted by Gasteiger charge is -2.42. The van der Waals surface area contributed by atoms with Crippen molar-refractivity contribution in [3.63, 3.8) is 0 Å². The van der Waals surface area contributed by atoms with Crippen LogP contribution in [0.2, 0.25) is 5.02 Å². The quantitative estimate of drug-likeness (QED) is 0.159. The van der Waals surface area contributed by atoms with Crippen LogP contribution in [-0.2, 0) is 27.1 Å². The van der Waals surface area contributed by atoms with Gasteiger partial charge in [-0.15, -0.1) is 0 Å². The van der Waals surface area contributed by atoms with Crippen molar-refractivity contribution in [1.82, 2.24) is 0 Å². The fraction of sp³-hybridized carbons (Fsp3) is 0.357. The number of rotatable bonds is 7. The Bertz CT molecular complexity index is 2450. The van der Waals surface area contributed by atoms with Crippen LogP contribution in [0.1, 0.15) is 131 Å². The molecule has 0 aromatic heterocycles. The molecule has 1 aliphatic rings. The van der Waals surface area contributed by atoms with E-state index in [2.05, 4.69) is 221 Å². The van der Waals surface area contributed by atoms with Gasteiger partial charge in [-0.1, -0.05) is 162 Å². The molecule has 7 rings (SSSR count). The van der Waals surface area contributed by atoms with Gasteiger partial charge in [0, 0.05) is 39.0 Å². The maximum Gasteiger partial charge on any atom is 0.0540 e. The van der Waals surface area contributed by atoms with E-state index in [1.54, 1.807) is 0 Å². The van der Waals surface area contributed by atoms with Crippen molar-refractivity contribution >= 4 is 45.7 Å². The van der Waals surface area contributed by atoms with Gasteiger partial charge in [-0.05, 0) is 146 Å². The molecular formula is C56H65ClN2. The predicted molar refractivity (Wildman–Crippen MR) is 258 cm³/mol. The third-order valence-corrected chi connectivity index (χ3v) is 12.9. The average Bonchev–Trinajstić information content (AvgIpc) is 3.16. The number of hydrogen-bond donors (Lipinski definition) is 0. The first kappa shape index (κ1) is 42.3. The fourth-order valence-corrected chi connectivity index (χ4v) is 8.83. The Morgan fingerprint density at radius 3 is 1.56 bits per heavy atom. The van der Waals surface area contributed by atoms with Gasteiger partial charge in [0.1, 0.15) is 0 Å². The van der Waals surface area contributed by atoms with E-state index >= 15 is 0 Å². The molecule has 6 aromatic carbocycles. The van der Waals surface area contributed by atoms with Crippen LogP contribution >= 0.6 is 11.6 Å². The molecule has 0 saturated heterocycles. The van der Waals surface area contributed by atoms with Crippen LogP contribution in [0.3, 0.4) is 0 Å². The maximum absolute atomic E-state index is 6.78. The Morgan fingerprint density at radius 1 is 0.424 bits per heavy atom. The number of halogens is 1. The van der Waals surface area contributed by atoms with Crippen molar-refractivity contribution in [3.05, 3.63) is 166 Å². The first-order valence-corrected chi connectivity index (χ1v) is 21.9. The first-order valence-electron chi connectivity index (χ1n) is 21.5. The Kier molecular flexibility index (Phi) is 11.0. The highest BCUT2D eigenvalue weighted by Gasteiger charge is 2.38. The fourth-order valence-electron chi connectivity index (χ4n) is 8.65. The van der Waals surface area contributed by atoms with E-state index < -0.39 is 0 Å². The molecule has 0 N–H and O–H groups in total. The molecule has 0 spiro atoms. The van der Waals surface area contributed by atoms with Gasteiger partial charge in [-0.3, -0.25) is 0 Å². The summed E-state index contributed by atoms with van der Waals surface area (Å²) in [4.78, 5) is 4.90. The van der Waals surface area contributed by atoms with Crippen molar-refractivity contribution in [2.75, 3.05) is 9.80 Å². The molecule has 0 heterocycles. The molecule has 0 bridgehead atoms. The van der Waals surface area contributed by atoms with E-state index in [1.165, 1.54) is 45.4 Å². The van der Waals surface area contributed by atoms with Crippen molar-refractivity contribution < 1.29 is 0 Å². The van der Waals surface area contributed by atoms with Gasteiger partial charge < -0.3 is 9.80 Å². The van der Waals surface area contributed by atoms with Crippen LogP contribution in [0, 0.1) is 0 Å². The van der Waals surface area contributed by atoms with E-state index in [1.807, 2.05) is 12.1 Å². The zero-order valence-electron chi connectivity index (χ0n) is 37.9. The first-order chi connectivity index (χ1) is 27.5. The number of anilines is 6. The van der Waals surface area contributed by atoms with Gasteiger partial charge >= 0.3 is 0 Å². The van der Waals surface area contributed by atoms with Crippen molar-refractivity contribution in [3.8, 4) is 11.1 Å². The summed E-state index contributed by atoms with van der Waals surface area (Å²) in [6.45, 7) is 30.4. The van der Waals surface area contributed by atoms with Gasteiger partial charge in [-0.25, -0.2) is 0 Å². The summed E-state index contributed by atoms with van der Waals surface area (Å²) in [5.74, 6) is 0. The van der Waals surface area contributed by atoms with Gasteiger partial charge in [-0.2, -0.15) is 0 Å². The maximum atomic E-state index is 6.78. The molecule has 59 heavy (non-hydrogen) atoms. The van der Waals surface area contributed by atoms with E-state index in [0.717, 1.165) is 40.5 Å². The molecule has 0 saturated carbocycles. The summed E-state index contributed by atoms with van der Waals surface area (Å²) >= 11 is 6.78. The largest absolute Gasteiger partial charge is 0.310 e. The molecule has 2 nitrogen and oxygen atoms in total. The second kappa shape index (κ2) is 15.3. The minimum absolute atomic E-state index is 0.0202. The smallest absolute Gasteiger partial charge is 0.0540 e. The summed E-state index contributed by atoms with van der Waals surface area (Å²) in [6.07, 6.45) is 2.33. The number of nitrogens with zero attached hydrogens (tertiary/aromatic N) is 2. The summed E-state index contributed by atoms with van der Waals surface area (Å²) in [6, 6.07) is 49.8. The van der Waals surface area contributed by atoms with Gasteiger partial charge in [0.25, 0.3) is 0 Å². The topological polar surface area (TPSA) is 6.48 Å². The standard InChI is InChI=1S/C56H65ClN2/c1-52(2,3)39-22-25-43(26-23-39)58(44-21-17-20-42(57)35-44)46-32-41(54(7,8)9)33-47(36-46)59(45-27-28-49-50(37-45)56(12,13)31-30-55(49,10)11)51-29-24-40(53(4,5)6)34-48(51)38-18-15-14-16-19-38/h14-29,32-37H,30-31H2,1-13H3. The van der Waals surface area contributed by atoms with Gasteiger partial charge in [0.15, 0.2) is 0 Å². The van der Waals surface area contributed by atoms with Crippen molar-refractivity contribution in [1.29, 1.82) is 0 Å². The Balaban J connectivity index is 1.56. The average molecular weight is 802 g/mol. The molecule has 3 heteroatoms. The van der Waals surface area contributed by atoms with Crippen LogP contribution in [-0.4, -0.2) is 0 Å². The molecule has 306 valence electrons. The Hall–Kier alpha value is -4.79. The van der Waals surface area contributed by atoms with Crippen molar-refractivity contribution in [2.24, 2.45) is 0 Å². The molecular weight excluding hydrogens is 736 g/mol. The highest BCUT2D eigenvalue weighted by atomic mass is 35.5. The van der Waals surface area contributed by atoms with Crippen LogP contribution < -0.4 is 9.80 Å². The minimum atomic E-state index is -0.146. The molecule has 0 amide bonds. The lowest BCUT2D eigenvalue weighted by Crippen LogP contribution is -2.34. The van der Waals surface area contributed by atoms with Gasteiger partial charge in [0.05, 0.1) is 5.69 Å². The number of hydrogen-bond acceptors (Lipinski definition) is 2. The molecule has 0 fully saturated rings. The van der Waals surface area contributed by atoms with Crippen LogP contribution in [0.15, 0.2) is 133 Å². The minimum Gasteiger partial charge on any atom is -0.310 e. The number of benzene rings is 6. The summed E-state index contributed by atoms with van der Waals surface area (Å²) in [5, 5.41) is 0.707. The van der Waals surface area contributed by atoms with E-state index in [0.29, 0.717) is 5.02 Å². The summed E-state index contributed by atoms with van der Waals surface area (Å²) in [7, 11) is 0. The zero-order chi connectivity index (χ0) is 42.7. The summed E-state index contributed by atoms with van der Waals surface area (Å²) < 4.78 is 0. The lowest BCUT2D eigenvalue weighted by molar-refractivity contribution is 0.332. The van der Waals surface area contributed by atoms with Crippen molar-refractivity contribution in [2.45, 2.75) is 130 Å². The molecule has 1 aliphatic carbocycles. The highest BCUT2D eigenvalue weighted by Crippen LogP contribution is 2.51. The van der Waals surface area contributed by atoms with Gasteiger partial charge in [0.2, 0.25) is 0 Å². The normalized spacial score (nSPS) is 15.1. The highest BCUT2D eigenvalue weighted by molar-refractivity contribution is 6.30. The lowest BCUT2D eigenvalue weighted by atomic mass is 9.63. The third kappa shape index (κ3) is 8.76. The molecule has 0 radical (unpaired) electrons. The molecule has 0 aliphatic heterocycles. The van der Waals surface area contributed by atoms with E-state index in [9.17, 15) is 0 Å². The van der Waals surface area contributed by atoms with Crippen LogP contribution in [0.25, 0.3) is 11.1 Å². The van der Waals surface area contributed by atoms with Crippen LogP contribution in [0.4, 0.5) is 34.1 Å².